The second-order valence-corrected chi connectivity index (χ2v) is 18.0. The van der Waals surface area contributed by atoms with E-state index in [4.69, 9.17) is 45.1 Å². The maximum absolute atomic E-state index is 14.0. The summed E-state index contributed by atoms with van der Waals surface area (Å²) in [5, 5.41) is 23.2. The minimum Gasteiger partial charge on any atom is -0.495 e. The summed E-state index contributed by atoms with van der Waals surface area (Å²) < 4.78 is 35.4. The molecule has 0 aliphatic carbocycles. The molecule has 0 spiro atoms. The molecular weight excluding hydrogens is 858 g/mol. The second-order valence-electron chi connectivity index (χ2n) is 17.6. The van der Waals surface area contributed by atoms with Crippen molar-refractivity contribution in [1.82, 2.24) is 25.6 Å². The number of rotatable bonds is 21. The van der Waals surface area contributed by atoms with Crippen LogP contribution in [0.1, 0.15) is 89.6 Å². The molecule has 358 valence electrons. The number of aromatic nitrogens is 3. The van der Waals surface area contributed by atoms with Crippen LogP contribution in [-0.4, -0.2) is 115 Å². The van der Waals surface area contributed by atoms with E-state index in [9.17, 15) is 19.2 Å². The van der Waals surface area contributed by atoms with E-state index in [1.807, 2.05) is 27.0 Å². The Morgan fingerprint density at radius 3 is 2.26 bits per heavy atom. The van der Waals surface area contributed by atoms with Crippen molar-refractivity contribution in [3.8, 4) is 5.75 Å². The van der Waals surface area contributed by atoms with Crippen LogP contribution in [0.2, 0.25) is 5.02 Å². The molecule has 17 heteroatoms. The fourth-order valence-corrected chi connectivity index (χ4v) is 7.47. The van der Waals surface area contributed by atoms with E-state index in [1.165, 1.54) is 13.2 Å². The topological polar surface area (TPSA) is 199 Å². The molecule has 3 N–H and O–H groups in total. The molecule has 6 atom stereocenters. The van der Waals surface area contributed by atoms with Crippen LogP contribution < -0.4 is 15.4 Å². The number of halogens is 1. The van der Waals surface area contributed by atoms with Crippen molar-refractivity contribution < 1.29 is 52.7 Å². The van der Waals surface area contributed by atoms with Gasteiger partial charge in [0.1, 0.15) is 23.6 Å². The van der Waals surface area contributed by atoms with E-state index in [0.29, 0.717) is 68.2 Å². The third-order valence-corrected chi connectivity index (χ3v) is 11.8. The summed E-state index contributed by atoms with van der Waals surface area (Å²) in [5.74, 6) is -2.06. The van der Waals surface area contributed by atoms with E-state index in [0.717, 1.165) is 11.1 Å². The van der Waals surface area contributed by atoms with Crippen molar-refractivity contribution in [1.29, 1.82) is 0 Å². The van der Waals surface area contributed by atoms with Crippen molar-refractivity contribution in [3.63, 3.8) is 0 Å². The van der Waals surface area contributed by atoms with Gasteiger partial charge in [-0.05, 0) is 78.8 Å². The first-order valence-electron chi connectivity index (χ1n) is 22.3. The highest BCUT2D eigenvalue weighted by molar-refractivity contribution is 6.32. The first-order valence-corrected chi connectivity index (χ1v) is 22.7. The number of ether oxygens (including phenoxy) is 6. The number of methoxy groups -OCH3 is 1. The van der Waals surface area contributed by atoms with Crippen molar-refractivity contribution >= 4 is 35.4 Å². The number of nitrogens with zero attached hydrogens (tertiary/aromatic N) is 3. The molecule has 16 nitrogen and oxygen atoms in total. The molecule has 0 saturated heterocycles. The molecule has 2 heterocycles. The van der Waals surface area contributed by atoms with E-state index in [2.05, 4.69) is 59.1 Å². The van der Waals surface area contributed by atoms with Crippen LogP contribution in [0.3, 0.4) is 0 Å². The highest BCUT2D eigenvalue weighted by Gasteiger charge is 2.38. The summed E-state index contributed by atoms with van der Waals surface area (Å²) in [6.07, 6.45) is 3.52. The van der Waals surface area contributed by atoms with Gasteiger partial charge >= 0.3 is 11.9 Å². The molecule has 2 amide bonds. The van der Waals surface area contributed by atoms with E-state index in [-0.39, 0.29) is 56.1 Å². The summed E-state index contributed by atoms with van der Waals surface area (Å²) in [5.41, 5.74) is 2.29. The highest BCUT2D eigenvalue weighted by Crippen LogP contribution is 2.34. The fraction of sp³-hybridized carbons (Fsp3) is 0.583. The number of carbonyl (C=O) groups excluding carboxylic acids is 4. The van der Waals surface area contributed by atoms with Crippen LogP contribution in [-0.2, 0) is 62.4 Å². The molecule has 1 aliphatic heterocycles. The smallest absolute Gasteiger partial charge is 0.347 e. The van der Waals surface area contributed by atoms with Crippen molar-refractivity contribution in [2.45, 2.75) is 105 Å². The van der Waals surface area contributed by atoms with Crippen molar-refractivity contribution in [2.24, 2.45) is 23.2 Å². The summed E-state index contributed by atoms with van der Waals surface area (Å²) in [7, 11) is 1.51. The minimum absolute atomic E-state index is 0.00547. The number of aliphatic hydroxyl groups is 1. The SMILES string of the molecule is COc1ccc(C[C@H]2NC(=O)/C=C/C[C@@H]([C@H](C)C(C)C(C)c3ccc(Cn4cc(COCCOCCOCCO)nn4)cc3)OC(=O)[C@H](CC(C)C)OC(=O)C(C)(C)CNC2=O)cc1Cl. The normalized spacial score (nSPS) is 20.6. The Kier molecular flexibility index (Phi) is 21.4. The van der Waals surface area contributed by atoms with Gasteiger partial charge in [0.05, 0.1) is 76.5 Å². The predicted molar refractivity (Wildman–Crippen MR) is 244 cm³/mol. The Balaban J connectivity index is 1.46. The summed E-state index contributed by atoms with van der Waals surface area (Å²) in [4.78, 5) is 54.7. The zero-order valence-electron chi connectivity index (χ0n) is 39.0. The first kappa shape index (κ1) is 52.8. The third kappa shape index (κ3) is 17.1. The van der Waals surface area contributed by atoms with Crippen LogP contribution in [0.25, 0.3) is 0 Å². The number of hydrogen-bond acceptors (Lipinski definition) is 13. The van der Waals surface area contributed by atoms with Gasteiger partial charge < -0.3 is 44.2 Å². The second kappa shape index (κ2) is 26.3. The Bertz CT molecular complexity index is 2010. The Hall–Kier alpha value is -4.87. The van der Waals surface area contributed by atoms with Gasteiger partial charge in [0.2, 0.25) is 11.8 Å². The number of amides is 2. The number of nitrogens with one attached hydrogen (secondary N) is 2. The van der Waals surface area contributed by atoms with E-state index in [1.54, 1.807) is 42.8 Å². The van der Waals surface area contributed by atoms with Gasteiger partial charge in [0.15, 0.2) is 6.10 Å². The molecule has 1 aliphatic rings. The summed E-state index contributed by atoms with van der Waals surface area (Å²) in [6.45, 7) is 16.0. The number of aliphatic hydroxyl groups excluding tert-OH is 1. The Labute approximate surface area is 388 Å². The van der Waals surface area contributed by atoms with E-state index < -0.39 is 47.4 Å². The maximum atomic E-state index is 14.0. The quantitative estimate of drug-likeness (QED) is 0.0882. The van der Waals surface area contributed by atoms with E-state index >= 15 is 0 Å². The van der Waals surface area contributed by atoms with Gasteiger partial charge in [-0.3, -0.25) is 14.4 Å². The van der Waals surface area contributed by atoms with Crippen LogP contribution in [0.15, 0.2) is 60.8 Å². The standard InChI is InChI=1S/C48H68ClN5O11/c1-31(2)24-43-46(58)64-41(10-9-11-44(56)51-40(26-36-14-17-42(60-8)39(49)25-36)45(57)50-30-48(6,7)47(59)65-43)34(5)32(3)33(4)37-15-12-35(13-16-37)27-54-28-38(52-53-54)29-63-23-22-62-21-20-61-19-18-55/h9,11-17,25,28,31-34,40-41,43,55H,10,18-24,26-27,29-30H2,1-8H3,(H,50,57)(H,51,56)/b11-9+/t32?,33?,34-,40-,41+,43+/m1/s1. The Morgan fingerprint density at radius 1 is 0.923 bits per heavy atom. The summed E-state index contributed by atoms with van der Waals surface area (Å²) >= 11 is 6.38. The Morgan fingerprint density at radius 2 is 1.60 bits per heavy atom. The lowest BCUT2D eigenvalue weighted by Crippen LogP contribution is -2.51. The number of carbonyl (C=O) groups is 4. The number of benzene rings is 2. The monoisotopic (exact) mass is 925 g/mol. The van der Waals surface area contributed by atoms with Crippen LogP contribution >= 0.6 is 11.6 Å². The van der Waals surface area contributed by atoms with Crippen LogP contribution in [0, 0.1) is 23.2 Å². The molecule has 1 aromatic heterocycles. The van der Waals surface area contributed by atoms with Gasteiger partial charge in [-0.2, -0.15) is 0 Å². The molecular formula is C48H68ClN5O11. The molecule has 0 fully saturated rings. The lowest BCUT2D eigenvalue weighted by molar-refractivity contribution is -0.179. The van der Waals surface area contributed by atoms with Gasteiger partial charge in [-0.25, -0.2) is 9.48 Å². The fourth-order valence-electron chi connectivity index (χ4n) is 7.19. The average Bonchev–Trinajstić information content (AvgIpc) is 3.72. The lowest BCUT2D eigenvalue weighted by atomic mass is 9.77. The molecule has 2 aromatic carbocycles. The van der Waals surface area contributed by atoms with Crippen LogP contribution in [0.4, 0.5) is 0 Å². The molecule has 0 bridgehead atoms. The number of cyclic esters (lactones) is 2. The zero-order valence-corrected chi connectivity index (χ0v) is 39.8. The highest BCUT2D eigenvalue weighted by atomic mass is 35.5. The summed E-state index contributed by atoms with van der Waals surface area (Å²) in [6, 6.07) is 12.4. The molecule has 0 saturated carbocycles. The first-order chi connectivity index (χ1) is 31.0. The number of esters is 2. The zero-order chi connectivity index (χ0) is 47.5. The van der Waals surface area contributed by atoms with Crippen molar-refractivity contribution in [2.75, 3.05) is 53.3 Å². The molecule has 65 heavy (non-hydrogen) atoms. The van der Waals surface area contributed by atoms with Gasteiger partial charge in [-0.15, -0.1) is 5.10 Å². The molecule has 2 unspecified atom stereocenters. The maximum Gasteiger partial charge on any atom is 0.347 e. The molecule has 3 aromatic rings. The lowest BCUT2D eigenvalue weighted by Gasteiger charge is -2.33. The largest absolute Gasteiger partial charge is 0.495 e. The van der Waals surface area contributed by atoms with Crippen LogP contribution in [0.5, 0.6) is 5.75 Å². The predicted octanol–water partition coefficient (Wildman–Crippen LogP) is 5.61. The van der Waals surface area contributed by atoms with Gasteiger partial charge in [0, 0.05) is 19.4 Å². The third-order valence-electron chi connectivity index (χ3n) is 11.5. The minimum atomic E-state index is -1.23. The molecule has 4 rings (SSSR count). The average molecular weight is 927 g/mol. The van der Waals surface area contributed by atoms with Gasteiger partial charge in [-0.1, -0.05) is 87.8 Å². The molecule has 0 radical (unpaired) electrons. The van der Waals surface area contributed by atoms with Gasteiger partial charge in [0.25, 0.3) is 0 Å². The number of hydrogen-bond donors (Lipinski definition) is 3. The van der Waals surface area contributed by atoms with Crippen molar-refractivity contribution in [3.05, 3.63) is 88.2 Å².